The predicted octanol–water partition coefficient (Wildman–Crippen LogP) is 1.50. The molecule has 6 heteroatoms. The van der Waals surface area contributed by atoms with Gasteiger partial charge in [0.1, 0.15) is 5.54 Å². The first kappa shape index (κ1) is 14.6. The molecule has 2 amide bonds. The molecular weight excluding hydrogens is 292 g/mol. The van der Waals surface area contributed by atoms with E-state index in [2.05, 4.69) is 5.32 Å². The van der Waals surface area contributed by atoms with E-state index in [0.29, 0.717) is 18.2 Å². The lowest BCUT2D eigenvalue weighted by atomic mass is 9.96. The van der Waals surface area contributed by atoms with Crippen LogP contribution in [0.15, 0.2) is 0 Å². The van der Waals surface area contributed by atoms with Gasteiger partial charge in [-0.25, -0.2) is 0 Å². The lowest BCUT2D eigenvalue weighted by Gasteiger charge is -2.34. The lowest BCUT2D eigenvalue weighted by molar-refractivity contribution is -0.138. The molecule has 3 rings (SSSR count). The Morgan fingerprint density at radius 3 is 2.75 bits per heavy atom. The number of amides is 2. The van der Waals surface area contributed by atoms with Crippen molar-refractivity contribution < 1.29 is 9.59 Å². The van der Waals surface area contributed by atoms with Gasteiger partial charge in [0.25, 0.3) is 0 Å². The minimum absolute atomic E-state index is 0.0495. The molecule has 1 spiro atoms. The van der Waals surface area contributed by atoms with Crippen LogP contribution in [0.4, 0.5) is 0 Å². The van der Waals surface area contributed by atoms with Crippen molar-refractivity contribution in [2.24, 2.45) is 0 Å². The highest BCUT2D eigenvalue weighted by Crippen LogP contribution is 2.34. The van der Waals surface area contributed by atoms with Gasteiger partial charge in [0, 0.05) is 42.0 Å². The van der Waals surface area contributed by atoms with Crippen LogP contribution in [-0.4, -0.2) is 57.9 Å². The van der Waals surface area contributed by atoms with Crippen LogP contribution < -0.4 is 5.32 Å². The molecule has 20 heavy (non-hydrogen) atoms. The summed E-state index contributed by atoms with van der Waals surface area (Å²) in [7, 11) is 0. The van der Waals surface area contributed by atoms with Crippen molar-refractivity contribution in [2.75, 3.05) is 30.3 Å². The highest BCUT2D eigenvalue weighted by molar-refractivity contribution is 8.06. The number of carbonyl (C=O) groups excluding carboxylic acids is 2. The fourth-order valence-electron chi connectivity index (χ4n) is 3.40. The number of carbonyl (C=O) groups is 2. The van der Waals surface area contributed by atoms with E-state index in [0.717, 1.165) is 38.0 Å². The first-order valence-corrected chi connectivity index (χ1v) is 9.70. The Morgan fingerprint density at radius 2 is 2.05 bits per heavy atom. The van der Waals surface area contributed by atoms with Crippen molar-refractivity contribution in [3.8, 4) is 0 Å². The molecule has 0 radical (unpaired) electrons. The minimum atomic E-state index is -0.569. The zero-order valence-electron chi connectivity index (χ0n) is 11.7. The Bertz CT molecular complexity index is 391. The SMILES string of the molecule is O=C1CCN(CC2CSCCS2)C(=O)C2(CCCC2)N1. The Hall–Kier alpha value is -0.360. The molecule has 0 aromatic rings. The van der Waals surface area contributed by atoms with Crippen LogP contribution in [0.25, 0.3) is 0 Å². The smallest absolute Gasteiger partial charge is 0.248 e. The highest BCUT2D eigenvalue weighted by atomic mass is 32.2. The molecule has 1 N–H and O–H groups in total. The van der Waals surface area contributed by atoms with Crippen molar-refractivity contribution >= 4 is 35.3 Å². The maximum atomic E-state index is 12.9. The number of nitrogens with zero attached hydrogens (tertiary/aromatic N) is 1. The summed E-state index contributed by atoms with van der Waals surface area (Å²) in [5.41, 5.74) is -0.569. The van der Waals surface area contributed by atoms with E-state index in [1.807, 2.05) is 28.4 Å². The third-order valence-electron chi connectivity index (χ3n) is 4.45. The molecule has 112 valence electrons. The van der Waals surface area contributed by atoms with Crippen molar-refractivity contribution in [3.63, 3.8) is 0 Å². The van der Waals surface area contributed by atoms with E-state index in [9.17, 15) is 9.59 Å². The molecule has 0 aromatic carbocycles. The fraction of sp³-hybridized carbons (Fsp3) is 0.857. The Morgan fingerprint density at radius 1 is 1.25 bits per heavy atom. The molecule has 2 aliphatic heterocycles. The molecule has 2 heterocycles. The van der Waals surface area contributed by atoms with Crippen LogP contribution in [0.3, 0.4) is 0 Å². The van der Waals surface area contributed by atoms with Crippen molar-refractivity contribution in [3.05, 3.63) is 0 Å². The molecule has 3 fully saturated rings. The van der Waals surface area contributed by atoms with Gasteiger partial charge in [-0.3, -0.25) is 9.59 Å². The summed E-state index contributed by atoms with van der Waals surface area (Å²) < 4.78 is 0. The summed E-state index contributed by atoms with van der Waals surface area (Å²) in [4.78, 5) is 26.8. The summed E-state index contributed by atoms with van der Waals surface area (Å²) >= 11 is 3.96. The zero-order valence-corrected chi connectivity index (χ0v) is 13.4. The predicted molar refractivity (Wildman–Crippen MR) is 84.1 cm³/mol. The molecular formula is C14H22N2O2S2. The van der Waals surface area contributed by atoms with E-state index in [1.54, 1.807) is 0 Å². The molecule has 3 aliphatic rings. The first-order chi connectivity index (χ1) is 9.70. The molecule has 1 saturated carbocycles. The lowest BCUT2D eigenvalue weighted by Crippen LogP contribution is -2.56. The molecule has 0 aromatic heterocycles. The molecule has 2 saturated heterocycles. The highest BCUT2D eigenvalue weighted by Gasteiger charge is 2.46. The quantitative estimate of drug-likeness (QED) is 0.839. The number of nitrogens with one attached hydrogen (secondary N) is 1. The molecule has 0 bridgehead atoms. The van der Waals surface area contributed by atoms with Gasteiger partial charge in [-0.05, 0) is 12.8 Å². The average Bonchev–Trinajstić information content (AvgIpc) is 2.89. The van der Waals surface area contributed by atoms with Gasteiger partial charge in [0.05, 0.1) is 0 Å². The second kappa shape index (κ2) is 6.18. The van der Waals surface area contributed by atoms with E-state index in [4.69, 9.17) is 0 Å². The number of rotatable bonds is 2. The van der Waals surface area contributed by atoms with Crippen LogP contribution >= 0.6 is 23.5 Å². The van der Waals surface area contributed by atoms with Gasteiger partial charge in [0.15, 0.2) is 0 Å². The van der Waals surface area contributed by atoms with Gasteiger partial charge in [-0.15, -0.1) is 0 Å². The van der Waals surface area contributed by atoms with Gasteiger partial charge < -0.3 is 10.2 Å². The number of thioether (sulfide) groups is 2. The van der Waals surface area contributed by atoms with E-state index in [-0.39, 0.29) is 11.8 Å². The number of hydrogen-bond donors (Lipinski definition) is 1. The van der Waals surface area contributed by atoms with E-state index < -0.39 is 5.54 Å². The van der Waals surface area contributed by atoms with Gasteiger partial charge in [-0.2, -0.15) is 23.5 Å². The van der Waals surface area contributed by atoms with Crippen LogP contribution in [-0.2, 0) is 9.59 Å². The third kappa shape index (κ3) is 2.96. The topological polar surface area (TPSA) is 49.4 Å². The third-order valence-corrected chi connectivity index (χ3v) is 7.28. The van der Waals surface area contributed by atoms with E-state index in [1.165, 1.54) is 11.5 Å². The van der Waals surface area contributed by atoms with Crippen LogP contribution in [0.1, 0.15) is 32.1 Å². The Kier molecular flexibility index (Phi) is 4.50. The van der Waals surface area contributed by atoms with Gasteiger partial charge in [0.2, 0.25) is 11.8 Å². The standard InChI is InChI=1S/C14H22N2O2S2/c17-12-3-6-16(9-11-10-19-7-8-20-11)13(18)14(15-12)4-1-2-5-14/h11H,1-10H2,(H,15,17). The Labute approximate surface area is 128 Å². The van der Waals surface area contributed by atoms with Crippen LogP contribution in [0.5, 0.6) is 0 Å². The zero-order chi connectivity index (χ0) is 14.0. The molecule has 1 unspecified atom stereocenters. The van der Waals surface area contributed by atoms with Gasteiger partial charge >= 0.3 is 0 Å². The maximum absolute atomic E-state index is 12.9. The maximum Gasteiger partial charge on any atom is 0.248 e. The van der Waals surface area contributed by atoms with Crippen LogP contribution in [0, 0.1) is 0 Å². The first-order valence-electron chi connectivity index (χ1n) is 7.49. The summed E-state index contributed by atoms with van der Waals surface area (Å²) in [5, 5.41) is 3.56. The van der Waals surface area contributed by atoms with Gasteiger partial charge in [-0.1, -0.05) is 12.8 Å². The summed E-state index contributed by atoms with van der Waals surface area (Å²) in [5.74, 6) is 3.76. The summed E-state index contributed by atoms with van der Waals surface area (Å²) in [6.07, 6.45) is 4.20. The van der Waals surface area contributed by atoms with Crippen LogP contribution in [0.2, 0.25) is 0 Å². The summed E-state index contributed by atoms with van der Waals surface area (Å²) in [6, 6.07) is 0. The summed E-state index contributed by atoms with van der Waals surface area (Å²) in [6.45, 7) is 1.40. The largest absolute Gasteiger partial charge is 0.342 e. The minimum Gasteiger partial charge on any atom is -0.342 e. The second-order valence-corrected chi connectivity index (χ2v) is 8.46. The fourth-order valence-corrected chi connectivity index (χ4v) is 6.09. The molecule has 4 nitrogen and oxygen atoms in total. The van der Waals surface area contributed by atoms with E-state index >= 15 is 0 Å². The second-order valence-electron chi connectivity index (χ2n) is 5.91. The normalized spacial score (nSPS) is 30.4. The van der Waals surface area contributed by atoms with Crippen molar-refractivity contribution in [1.82, 2.24) is 10.2 Å². The van der Waals surface area contributed by atoms with Crippen molar-refractivity contribution in [2.45, 2.75) is 42.9 Å². The van der Waals surface area contributed by atoms with Crippen molar-refractivity contribution in [1.29, 1.82) is 0 Å². The molecule has 1 aliphatic carbocycles. The Balaban J connectivity index is 1.72. The monoisotopic (exact) mass is 314 g/mol. The number of hydrogen-bond acceptors (Lipinski definition) is 4. The average molecular weight is 314 g/mol. The molecule has 1 atom stereocenters.